The summed E-state index contributed by atoms with van der Waals surface area (Å²) in [5.41, 5.74) is 0. The monoisotopic (exact) mass is 183 g/mol. The fourth-order valence-corrected chi connectivity index (χ4v) is 0.935. The molecule has 0 radical (unpaired) electrons. The Morgan fingerprint density at radius 2 is 2.20 bits per heavy atom. The molecule has 1 N–H and O–H groups in total. The smallest absolute Gasteiger partial charge is 0.193 e. The Kier molecular flexibility index (Phi) is 1.85. The van der Waals surface area contributed by atoms with Gasteiger partial charge in [-0.15, -0.1) is 0 Å². The van der Waals surface area contributed by atoms with E-state index < -0.39 is 5.00 Å². The summed E-state index contributed by atoms with van der Waals surface area (Å²) in [6.45, 7) is 3.16. The second-order valence-electron chi connectivity index (χ2n) is 2.19. The lowest BCUT2D eigenvalue weighted by Gasteiger charge is -2.19. The molecule has 1 unspecified atom stereocenters. The van der Waals surface area contributed by atoms with Gasteiger partial charge < -0.3 is 4.84 Å². The van der Waals surface area contributed by atoms with E-state index in [-0.39, 0.29) is 0 Å². The van der Waals surface area contributed by atoms with Crippen LogP contribution in [0.5, 0.6) is 0 Å². The minimum atomic E-state index is -1.13. The van der Waals surface area contributed by atoms with Gasteiger partial charge in [0.1, 0.15) is 5.76 Å². The van der Waals surface area contributed by atoms with Crippen molar-refractivity contribution < 1.29 is 10.0 Å². The number of alkyl halides is 1. The van der Waals surface area contributed by atoms with Crippen molar-refractivity contribution in [2.24, 2.45) is 0 Å². The maximum atomic E-state index is 8.95. The highest BCUT2D eigenvalue weighted by atomic mass is 35.5. The molecule has 0 spiro atoms. The highest BCUT2D eigenvalue weighted by Gasteiger charge is 2.42. The zero-order valence-corrected chi connectivity index (χ0v) is 7.07. The van der Waals surface area contributed by atoms with Gasteiger partial charge in [-0.2, -0.15) is 0 Å². The molecule has 1 aliphatic heterocycles. The molecule has 10 heavy (non-hydrogen) atoms. The molecule has 0 aliphatic carbocycles. The van der Waals surface area contributed by atoms with Crippen LogP contribution < -0.4 is 0 Å². The van der Waals surface area contributed by atoms with Crippen LogP contribution in [0.3, 0.4) is 0 Å². The first-order valence-electron chi connectivity index (χ1n) is 2.69. The molecule has 0 saturated carbocycles. The molecule has 0 fully saturated rings. The Bertz CT molecular complexity index is 190. The molecule has 0 bridgehead atoms. The number of nitrogens with zero attached hydrogens (tertiary/aromatic N) is 1. The highest BCUT2D eigenvalue weighted by Crippen LogP contribution is 2.39. The standard InChI is InChI=1S/C5H7Cl2NO2/c1-3-4(6)5(2,7)8(9)10-3/h9H,1-2H3. The average Bonchev–Trinajstić information content (AvgIpc) is 1.97. The van der Waals surface area contributed by atoms with Gasteiger partial charge in [-0.25, -0.2) is 0 Å². The minimum Gasteiger partial charge on any atom is -0.382 e. The van der Waals surface area contributed by atoms with E-state index in [0.29, 0.717) is 16.0 Å². The van der Waals surface area contributed by atoms with Crippen LogP contribution in [0, 0.1) is 0 Å². The van der Waals surface area contributed by atoms with E-state index in [9.17, 15) is 0 Å². The van der Waals surface area contributed by atoms with Crippen LogP contribution in [0.4, 0.5) is 0 Å². The van der Waals surface area contributed by atoms with Crippen LogP contribution in [0.2, 0.25) is 0 Å². The first kappa shape index (κ1) is 8.14. The van der Waals surface area contributed by atoms with E-state index in [1.807, 2.05) is 0 Å². The molecule has 0 amide bonds. The minimum absolute atomic E-state index is 0.302. The molecule has 0 aromatic rings. The molecule has 1 heterocycles. The van der Waals surface area contributed by atoms with Crippen LogP contribution in [0.25, 0.3) is 0 Å². The van der Waals surface area contributed by atoms with Gasteiger partial charge in [0.25, 0.3) is 0 Å². The second kappa shape index (κ2) is 2.27. The molecular weight excluding hydrogens is 177 g/mol. The van der Waals surface area contributed by atoms with Gasteiger partial charge in [0.05, 0.1) is 5.03 Å². The largest absolute Gasteiger partial charge is 0.382 e. The summed E-state index contributed by atoms with van der Waals surface area (Å²) in [5.74, 6) is 0.418. The van der Waals surface area contributed by atoms with E-state index in [4.69, 9.17) is 33.2 Å². The molecule has 1 aliphatic rings. The lowest BCUT2D eigenvalue weighted by molar-refractivity contribution is -0.326. The van der Waals surface area contributed by atoms with Gasteiger partial charge in [-0.1, -0.05) is 23.2 Å². The third-order valence-corrected chi connectivity index (χ3v) is 2.36. The first-order chi connectivity index (χ1) is 4.46. The van der Waals surface area contributed by atoms with E-state index in [1.54, 1.807) is 6.92 Å². The normalized spacial score (nSPS) is 34.9. The van der Waals surface area contributed by atoms with Gasteiger partial charge in [0.2, 0.25) is 0 Å². The average molecular weight is 184 g/mol. The summed E-state index contributed by atoms with van der Waals surface area (Å²) in [7, 11) is 0. The van der Waals surface area contributed by atoms with Crippen LogP contribution in [-0.4, -0.2) is 15.4 Å². The maximum absolute atomic E-state index is 8.95. The van der Waals surface area contributed by atoms with Crippen LogP contribution in [0.15, 0.2) is 10.8 Å². The Balaban J connectivity index is 2.94. The number of rotatable bonds is 0. The third kappa shape index (κ3) is 0.992. The van der Waals surface area contributed by atoms with E-state index in [1.165, 1.54) is 6.92 Å². The summed E-state index contributed by atoms with van der Waals surface area (Å²) < 4.78 is 0. The van der Waals surface area contributed by atoms with Gasteiger partial charge in [0, 0.05) is 5.23 Å². The van der Waals surface area contributed by atoms with Crippen molar-refractivity contribution in [2.45, 2.75) is 18.8 Å². The van der Waals surface area contributed by atoms with Crippen LogP contribution in [-0.2, 0) is 4.84 Å². The van der Waals surface area contributed by atoms with Gasteiger partial charge >= 0.3 is 0 Å². The van der Waals surface area contributed by atoms with Crippen molar-refractivity contribution in [3.8, 4) is 0 Å². The van der Waals surface area contributed by atoms with Crippen LogP contribution in [0.1, 0.15) is 13.8 Å². The second-order valence-corrected chi connectivity index (χ2v) is 3.30. The number of hydrogen-bond donors (Lipinski definition) is 1. The van der Waals surface area contributed by atoms with Crippen molar-refractivity contribution in [1.82, 2.24) is 5.23 Å². The van der Waals surface area contributed by atoms with E-state index in [0.717, 1.165) is 0 Å². The molecule has 0 aromatic heterocycles. The summed E-state index contributed by atoms with van der Waals surface area (Å²) in [5, 5.41) is 9.77. The number of allylic oxidation sites excluding steroid dienone is 1. The Morgan fingerprint density at radius 3 is 2.30 bits per heavy atom. The van der Waals surface area contributed by atoms with Crippen molar-refractivity contribution in [2.75, 3.05) is 0 Å². The van der Waals surface area contributed by atoms with Gasteiger partial charge in [0.15, 0.2) is 5.00 Å². The Morgan fingerprint density at radius 1 is 1.70 bits per heavy atom. The first-order valence-corrected chi connectivity index (χ1v) is 3.44. The number of halogens is 2. The van der Waals surface area contributed by atoms with Crippen molar-refractivity contribution in [3.63, 3.8) is 0 Å². The number of hydroxylamine groups is 2. The summed E-state index contributed by atoms with van der Waals surface area (Å²) >= 11 is 11.4. The fourth-order valence-electron chi connectivity index (χ4n) is 0.661. The molecule has 58 valence electrons. The van der Waals surface area contributed by atoms with Gasteiger partial charge in [-0.05, 0) is 13.8 Å². The predicted molar refractivity (Wildman–Crippen MR) is 37.5 cm³/mol. The topological polar surface area (TPSA) is 32.7 Å². The quantitative estimate of drug-likeness (QED) is 0.461. The Labute approximate surface area is 68.7 Å². The Hall–Kier alpha value is 0.0400. The van der Waals surface area contributed by atoms with E-state index >= 15 is 0 Å². The third-order valence-electron chi connectivity index (χ3n) is 1.29. The maximum Gasteiger partial charge on any atom is 0.193 e. The summed E-state index contributed by atoms with van der Waals surface area (Å²) in [6.07, 6.45) is 0. The lowest BCUT2D eigenvalue weighted by Crippen LogP contribution is -2.33. The molecule has 1 rings (SSSR count). The zero-order valence-electron chi connectivity index (χ0n) is 5.56. The van der Waals surface area contributed by atoms with Crippen molar-refractivity contribution in [3.05, 3.63) is 10.8 Å². The molecule has 1 atom stereocenters. The van der Waals surface area contributed by atoms with Crippen molar-refractivity contribution >= 4 is 23.2 Å². The lowest BCUT2D eigenvalue weighted by atomic mass is 10.3. The van der Waals surface area contributed by atoms with E-state index in [2.05, 4.69) is 0 Å². The molecule has 0 aromatic carbocycles. The summed E-state index contributed by atoms with van der Waals surface area (Å²) in [4.78, 5) is 3.56. The predicted octanol–water partition coefficient (Wildman–Crippen LogP) is 2.05. The zero-order chi connectivity index (χ0) is 7.94. The fraction of sp³-hybridized carbons (Fsp3) is 0.600. The van der Waals surface area contributed by atoms with Crippen molar-refractivity contribution in [1.29, 1.82) is 0 Å². The number of hydrogen-bond acceptors (Lipinski definition) is 3. The highest BCUT2D eigenvalue weighted by molar-refractivity contribution is 6.39. The molecule has 0 saturated heterocycles. The molecular formula is C5H7Cl2NO2. The van der Waals surface area contributed by atoms with Gasteiger partial charge in [-0.3, -0.25) is 5.21 Å². The van der Waals surface area contributed by atoms with Crippen LogP contribution >= 0.6 is 23.2 Å². The molecule has 3 nitrogen and oxygen atoms in total. The SMILES string of the molecule is CC1=C(Cl)C(C)(Cl)N(O)O1. The summed E-state index contributed by atoms with van der Waals surface area (Å²) in [6, 6.07) is 0. The molecule has 5 heteroatoms.